The molecule has 2 fully saturated rings. The van der Waals surface area contributed by atoms with E-state index in [2.05, 4.69) is 15.6 Å². The number of rotatable bonds is 6. The molecule has 3 unspecified atom stereocenters. The Labute approximate surface area is 158 Å². The van der Waals surface area contributed by atoms with Gasteiger partial charge in [-0.2, -0.15) is 0 Å². The molecule has 144 valence electrons. The van der Waals surface area contributed by atoms with Crippen molar-refractivity contribution < 1.29 is 8.60 Å². The molecule has 26 heavy (non-hydrogen) atoms. The highest BCUT2D eigenvalue weighted by Gasteiger charge is 2.44. The monoisotopic (exact) mass is 379 g/mol. The third-order valence-corrected chi connectivity index (χ3v) is 7.49. The number of guanidine groups is 1. The fourth-order valence-electron chi connectivity index (χ4n) is 3.91. The average molecular weight is 380 g/mol. The maximum Gasteiger partial charge on any atom is 0.191 e. The van der Waals surface area contributed by atoms with Crippen LogP contribution in [-0.4, -0.2) is 40.8 Å². The zero-order chi connectivity index (χ0) is 18.6. The van der Waals surface area contributed by atoms with Gasteiger partial charge in [-0.3, -0.25) is 9.20 Å². The zero-order valence-electron chi connectivity index (χ0n) is 15.8. The number of nitrogens with zero attached hydrogens (tertiary/aromatic N) is 1. The highest BCUT2D eigenvalue weighted by atomic mass is 32.2. The Kier molecular flexibility index (Phi) is 6.33. The van der Waals surface area contributed by atoms with E-state index in [0.29, 0.717) is 11.3 Å². The summed E-state index contributed by atoms with van der Waals surface area (Å²) in [7, 11) is 1.07. The first-order chi connectivity index (χ1) is 12.6. The smallest absolute Gasteiger partial charge is 0.191 e. The fourth-order valence-corrected chi connectivity index (χ4v) is 5.26. The SMILES string of the molecule is CCS(=O)C1CCCC(NC(=NC)NCC2(c3ccc(F)cc3)CC2)C1. The summed E-state index contributed by atoms with van der Waals surface area (Å²) in [5.41, 5.74) is 1.29. The van der Waals surface area contributed by atoms with Crippen molar-refractivity contribution in [2.24, 2.45) is 4.99 Å². The molecular formula is C20H30FN3OS. The Morgan fingerprint density at radius 3 is 2.65 bits per heavy atom. The number of hydrogen-bond donors (Lipinski definition) is 2. The highest BCUT2D eigenvalue weighted by Crippen LogP contribution is 2.47. The molecule has 0 radical (unpaired) electrons. The van der Waals surface area contributed by atoms with Gasteiger partial charge in [0.2, 0.25) is 0 Å². The van der Waals surface area contributed by atoms with Gasteiger partial charge in [-0.15, -0.1) is 0 Å². The second-order valence-corrected chi connectivity index (χ2v) is 9.52. The van der Waals surface area contributed by atoms with E-state index in [1.54, 1.807) is 19.2 Å². The molecule has 0 bridgehead atoms. The maximum atomic E-state index is 13.2. The Balaban J connectivity index is 1.54. The van der Waals surface area contributed by atoms with Crippen LogP contribution in [0.2, 0.25) is 0 Å². The number of benzene rings is 1. The highest BCUT2D eigenvalue weighted by molar-refractivity contribution is 7.85. The van der Waals surface area contributed by atoms with E-state index >= 15 is 0 Å². The number of hydrogen-bond acceptors (Lipinski definition) is 2. The molecule has 0 saturated heterocycles. The van der Waals surface area contributed by atoms with Crippen LogP contribution in [0.4, 0.5) is 4.39 Å². The van der Waals surface area contributed by atoms with Gasteiger partial charge in [0.1, 0.15) is 5.82 Å². The van der Waals surface area contributed by atoms with Gasteiger partial charge in [-0.05, 0) is 49.8 Å². The first kappa shape index (κ1) is 19.3. The van der Waals surface area contributed by atoms with Crippen molar-refractivity contribution in [2.45, 2.75) is 62.2 Å². The van der Waals surface area contributed by atoms with Gasteiger partial charge in [-0.1, -0.05) is 25.5 Å². The lowest BCUT2D eigenvalue weighted by Gasteiger charge is -2.30. The van der Waals surface area contributed by atoms with Crippen LogP contribution in [0.1, 0.15) is 51.0 Å². The molecule has 0 heterocycles. The minimum Gasteiger partial charge on any atom is -0.356 e. The average Bonchev–Trinajstić information content (AvgIpc) is 3.46. The Morgan fingerprint density at radius 1 is 1.31 bits per heavy atom. The second-order valence-electron chi connectivity index (χ2n) is 7.51. The molecule has 0 aromatic heterocycles. The Hall–Kier alpha value is -1.43. The molecule has 1 aromatic rings. The van der Waals surface area contributed by atoms with Crippen molar-refractivity contribution in [2.75, 3.05) is 19.3 Å². The topological polar surface area (TPSA) is 53.5 Å². The summed E-state index contributed by atoms with van der Waals surface area (Å²) in [6.45, 7) is 2.80. The standard InChI is InChI=1S/C20H30FN3OS/c1-3-26(25)18-6-4-5-17(13-18)24-19(22-2)23-14-20(11-12-20)15-7-9-16(21)10-8-15/h7-10,17-18H,3-6,11-14H2,1-2H3,(H2,22,23,24). The molecular weight excluding hydrogens is 349 g/mol. The molecule has 4 nitrogen and oxygen atoms in total. The van der Waals surface area contributed by atoms with Gasteiger partial charge in [-0.25, -0.2) is 4.39 Å². The van der Waals surface area contributed by atoms with Crippen LogP contribution in [0.15, 0.2) is 29.3 Å². The molecule has 0 amide bonds. The predicted octanol–water partition coefficient (Wildman–Crippen LogP) is 3.10. The number of aliphatic imine (C=N–C) groups is 1. The van der Waals surface area contributed by atoms with Gasteiger partial charge in [0.05, 0.1) is 0 Å². The molecule has 1 aromatic carbocycles. The first-order valence-corrected chi connectivity index (χ1v) is 11.0. The van der Waals surface area contributed by atoms with Gasteiger partial charge < -0.3 is 10.6 Å². The maximum absolute atomic E-state index is 13.2. The lowest BCUT2D eigenvalue weighted by atomic mass is 9.95. The molecule has 3 rings (SSSR count). The van der Waals surface area contributed by atoms with E-state index in [0.717, 1.165) is 56.8 Å². The predicted molar refractivity (Wildman–Crippen MR) is 107 cm³/mol. The van der Waals surface area contributed by atoms with Crippen LogP contribution >= 0.6 is 0 Å². The Morgan fingerprint density at radius 2 is 2.04 bits per heavy atom. The second kappa shape index (κ2) is 8.51. The van der Waals surface area contributed by atoms with Crippen molar-refractivity contribution in [3.63, 3.8) is 0 Å². The summed E-state index contributed by atoms with van der Waals surface area (Å²) in [5.74, 6) is 1.36. The van der Waals surface area contributed by atoms with E-state index in [1.165, 1.54) is 5.56 Å². The first-order valence-electron chi connectivity index (χ1n) is 9.67. The van der Waals surface area contributed by atoms with Crippen LogP contribution in [0.3, 0.4) is 0 Å². The summed E-state index contributed by atoms with van der Waals surface area (Å²) in [6, 6.07) is 7.20. The van der Waals surface area contributed by atoms with Crippen molar-refractivity contribution >= 4 is 16.8 Å². The Bertz CT molecular complexity index is 658. The molecule has 6 heteroatoms. The third kappa shape index (κ3) is 4.64. The number of nitrogens with one attached hydrogen (secondary N) is 2. The lowest BCUT2D eigenvalue weighted by Crippen LogP contribution is -2.48. The van der Waals surface area contributed by atoms with E-state index in [1.807, 2.05) is 19.1 Å². The van der Waals surface area contributed by atoms with Crippen LogP contribution in [-0.2, 0) is 16.2 Å². The fraction of sp³-hybridized carbons (Fsp3) is 0.650. The van der Waals surface area contributed by atoms with Gasteiger partial charge in [0, 0.05) is 46.9 Å². The van der Waals surface area contributed by atoms with Crippen LogP contribution < -0.4 is 10.6 Å². The van der Waals surface area contributed by atoms with E-state index in [9.17, 15) is 8.60 Å². The van der Waals surface area contributed by atoms with Gasteiger partial charge in [0.15, 0.2) is 5.96 Å². The van der Waals surface area contributed by atoms with Crippen LogP contribution in [0.5, 0.6) is 0 Å². The quantitative estimate of drug-likeness (QED) is 0.590. The summed E-state index contributed by atoms with van der Waals surface area (Å²) in [6.07, 6.45) is 6.46. The molecule has 0 spiro atoms. The normalized spacial score (nSPS) is 26.2. The van der Waals surface area contributed by atoms with E-state index in [4.69, 9.17) is 0 Å². The summed E-state index contributed by atoms with van der Waals surface area (Å²) in [4.78, 5) is 4.37. The molecule has 2 aliphatic rings. The van der Waals surface area contributed by atoms with Crippen LogP contribution in [0, 0.1) is 5.82 Å². The largest absolute Gasteiger partial charge is 0.356 e. The van der Waals surface area contributed by atoms with Crippen molar-refractivity contribution in [1.29, 1.82) is 0 Å². The minimum absolute atomic E-state index is 0.101. The van der Waals surface area contributed by atoms with Gasteiger partial charge in [0.25, 0.3) is 0 Å². The van der Waals surface area contributed by atoms with Crippen molar-refractivity contribution in [3.05, 3.63) is 35.6 Å². The lowest BCUT2D eigenvalue weighted by molar-refractivity contribution is 0.413. The molecule has 2 saturated carbocycles. The van der Waals surface area contributed by atoms with Crippen molar-refractivity contribution in [1.82, 2.24) is 10.6 Å². The minimum atomic E-state index is -0.717. The van der Waals surface area contributed by atoms with E-state index in [-0.39, 0.29) is 11.2 Å². The van der Waals surface area contributed by atoms with Crippen LogP contribution in [0.25, 0.3) is 0 Å². The molecule has 3 atom stereocenters. The molecule has 0 aliphatic heterocycles. The summed E-state index contributed by atoms with van der Waals surface area (Å²) in [5, 5.41) is 7.28. The summed E-state index contributed by atoms with van der Waals surface area (Å²) < 4.78 is 25.3. The van der Waals surface area contributed by atoms with E-state index < -0.39 is 10.8 Å². The summed E-state index contributed by atoms with van der Waals surface area (Å²) >= 11 is 0. The van der Waals surface area contributed by atoms with Gasteiger partial charge >= 0.3 is 0 Å². The van der Waals surface area contributed by atoms with Crippen molar-refractivity contribution in [3.8, 4) is 0 Å². The third-order valence-electron chi connectivity index (χ3n) is 5.75. The molecule has 2 N–H and O–H groups in total. The number of halogens is 1. The zero-order valence-corrected chi connectivity index (χ0v) is 16.6. The molecule has 2 aliphatic carbocycles.